The number of carbonyl (C=O) groups excluding carboxylic acids is 2. The van der Waals surface area contributed by atoms with Gasteiger partial charge in [0.15, 0.2) is 0 Å². The summed E-state index contributed by atoms with van der Waals surface area (Å²) in [6.45, 7) is 2.19. The Morgan fingerprint density at radius 3 is 2.73 bits per heavy atom. The molecule has 1 aliphatic heterocycles. The van der Waals surface area contributed by atoms with Crippen LogP contribution < -0.4 is 5.32 Å². The van der Waals surface area contributed by atoms with E-state index in [0.717, 1.165) is 50.8 Å². The summed E-state index contributed by atoms with van der Waals surface area (Å²) in [5.41, 5.74) is 1.45. The highest BCUT2D eigenvalue weighted by molar-refractivity contribution is 5.94. The van der Waals surface area contributed by atoms with Crippen LogP contribution in [-0.4, -0.2) is 46.4 Å². The lowest BCUT2D eigenvalue weighted by Crippen LogP contribution is -2.38. The smallest absolute Gasteiger partial charge is 0.253 e. The van der Waals surface area contributed by atoms with Gasteiger partial charge in [-0.2, -0.15) is 0 Å². The molecule has 3 rings (SSSR count). The van der Waals surface area contributed by atoms with E-state index in [9.17, 15) is 14.7 Å². The monoisotopic (exact) mass is 407 g/mol. The molecule has 6 nitrogen and oxygen atoms in total. The molecule has 0 saturated carbocycles. The van der Waals surface area contributed by atoms with E-state index in [4.69, 9.17) is 0 Å². The molecule has 158 valence electrons. The summed E-state index contributed by atoms with van der Waals surface area (Å²) in [7, 11) is 0. The number of aromatic nitrogens is 1. The molecule has 0 unspecified atom stereocenters. The van der Waals surface area contributed by atoms with Crippen LogP contribution in [0.25, 0.3) is 6.08 Å². The number of nitrogens with one attached hydrogen (secondary N) is 1. The van der Waals surface area contributed by atoms with Gasteiger partial charge in [-0.25, -0.2) is 0 Å². The number of pyridine rings is 1. The van der Waals surface area contributed by atoms with E-state index in [-0.39, 0.29) is 17.6 Å². The van der Waals surface area contributed by atoms with Crippen molar-refractivity contribution in [2.75, 3.05) is 19.6 Å². The van der Waals surface area contributed by atoms with Crippen molar-refractivity contribution in [3.63, 3.8) is 0 Å². The second-order valence-corrected chi connectivity index (χ2v) is 7.69. The maximum Gasteiger partial charge on any atom is 0.253 e. The number of nitrogens with zero attached hydrogens (tertiary/aromatic N) is 2. The van der Waals surface area contributed by atoms with Gasteiger partial charge in [-0.1, -0.05) is 25.0 Å². The van der Waals surface area contributed by atoms with Crippen molar-refractivity contribution in [2.45, 2.75) is 32.1 Å². The Kier molecular flexibility index (Phi) is 8.01. The number of amides is 2. The van der Waals surface area contributed by atoms with E-state index in [0.29, 0.717) is 18.0 Å². The predicted molar refractivity (Wildman–Crippen MR) is 117 cm³/mol. The largest absolute Gasteiger partial charge is 0.508 e. The number of rotatable bonds is 8. The average Bonchev–Trinajstić information content (AvgIpc) is 2.78. The summed E-state index contributed by atoms with van der Waals surface area (Å²) < 4.78 is 0. The molecule has 0 radical (unpaired) electrons. The van der Waals surface area contributed by atoms with Crippen LogP contribution in [0.3, 0.4) is 0 Å². The van der Waals surface area contributed by atoms with Crippen molar-refractivity contribution in [1.29, 1.82) is 0 Å². The lowest BCUT2D eigenvalue weighted by Gasteiger charge is -2.32. The number of phenols is 1. The predicted octanol–water partition coefficient (Wildman–Crippen LogP) is 3.64. The van der Waals surface area contributed by atoms with Crippen LogP contribution in [0.5, 0.6) is 5.75 Å². The van der Waals surface area contributed by atoms with Crippen LogP contribution in [0.4, 0.5) is 0 Å². The van der Waals surface area contributed by atoms with E-state index < -0.39 is 0 Å². The Labute approximate surface area is 177 Å². The fourth-order valence-corrected chi connectivity index (χ4v) is 3.72. The molecule has 0 spiro atoms. The van der Waals surface area contributed by atoms with Crippen LogP contribution in [-0.2, 0) is 4.79 Å². The van der Waals surface area contributed by atoms with Crippen molar-refractivity contribution in [2.24, 2.45) is 5.92 Å². The number of carbonyl (C=O) groups is 2. The maximum atomic E-state index is 12.5. The average molecular weight is 408 g/mol. The van der Waals surface area contributed by atoms with Crippen LogP contribution >= 0.6 is 0 Å². The van der Waals surface area contributed by atoms with E-state index in [1.54, 1.807) is 36.7 Å². The number of phenolic OH excluding ortho intramolecular Hbond substituents is 1. The minimum Gasteiger partial charge on any atom is -0.508 e. The van der Waals surface area contributed by atoms with Crippen LogP contribution in [0.1, 0.15) is 48.0 Å². The molecule has 1 fully saturated rings. The number of piperidine rings is 1. The van der Waals surface area contributed by atoms with Crippen LogP contribution in [0, 0.1) is 5.92 Å². The van der Waals surface area contributed by atoms with Crippen molar-refractivity contribution in [1.82, 2.24) is 15.2 Å². The molecule has 1 aromatic heterocycles. The second kappa shape index (κ2) is 11.1. The number of hydrogen-bond acceptors (Lipinski definition) is 4. The number of hydrogen-bond donors (Lipinski definition) is 2. The normalized spacial score (nSPS) is 14.7. The molecule has 2 N–H and O–H groups in total. The molecule has 2 amide bonds. The highest BCUT2D eigenvalue weighted by Gasteiger charge is 2.23. The topological polar surface area (TPSA) is 82.5 Å². The van der Waals surface area contributed by atoms with Crippen molar-refractivity contribution in [3.05, 3.63) is 66.0 Å². The Hall–Kier alpha value is -3.15. The van der Waals surface area contributed by atoms with E-state index in [1.807, 2.05) is 17.0 Å². The first-order valence-corrected chi connectivity index (χ1v) is 10.6. The van der Waals surface area contributed by atoms with E-state index >= 15 is 0 Å². The zero-order valence-electron chi connectivity index (χ0n) is 17.2. The summed E-state index contributed by atoms with van der Waals surface area (Å²) in [5, 5.41) is 12.5. The lowest BCUT2D eigenvalue weighted by molar-refractivity contribution is -0.116. The molecule has 0 atom stereocenters. The molecule has 2 aromatic rings. The maximum absolute atomic E-state index is 12.5. The summed E-state index contributed by atoms with van der Waals surface area (Å²) in [5.74, 6) is 0.652. The van der Waals surface area contributed by atoms with Crippen molar-refractivity contribution < 1.29 is 14.7 Å². The Morgan fingerprint density at radius 1 is 1.17 bits per heavy atom. The standard InChI is InChI=1S/C24H29N3O3/c28-22-8-3-7-21(17-22)24(30)27-15-11-19(12-16-27)5-1-2-14-26-23(29)10-9-20-6-4-13-25-18-20/h3-4,6-10,13,17-19,28H,1-2,5,11-12,14-16H2,(H,26,29)/b10-9+. The fraction of sp³-hybridized carbons (Fsp3) is 0.375. The molecule has 2 heterocycles. The third kappa shape index (κ3) is 6.72. The van der Waals surface area contributed by atoms with Gasteiger partial charge in [0.05, 0.1) is 0 Å². The summed E-state index contributed by atoms with van der Waals surface area (Å²) in [6, 6.07) is 10.3. The third-order valence-electron chi connectivity index (χ3n) is 5.44. The van der Waals surface area contributed by atoms with Crippen LogP contribution in [0.15, 0.2) is 54.9 Å². The molecule has 1 saturated heterocycles. The number of aromatic hydroxyl groups is 1. The summed E-state index contributed by atoms with van der Waals surface area (Å²) in [6.07, 6.45) is 11.9. The fourth-order valence-electron chi connectivity index (χ4n) is 3.72. The third-order valence-corrected chi connectivity index (χ3v) is 5.44. The molecule has 1 aliphatic rings. The van der Waals surface area contributed by atoms with Gasteiger partial charge in [0.25, 0.3) is 5.91 Å². The minimum atomic E-state index is -0.0855. The van der Waals surface area contributed by atoms with Crippen molar-refractivity contribution >= 4 is 17.9 Å². The quantitative estimate of drug-likeness (QED) is 0.517. The van der Waals surface area contributed by atoms with Crippen LogP contribution in [0.2, 0.25) is 0 Å². The second-order valence-electron chi connectivity index (χ2n) is 7.69. The van der Waals surface area contributed by atoms with Gasteiger partial charge >= 0.3 is 0 Å². The SMILES string of the molecule is O=C(/C=C/c1cccnc1)NCCCCC1CCN(C(=O)c2cccc(O)c2)CC1. The highest BCUT2D eigenvalue weighted by Crippen LogP contribution is 2.24. The number of benzene rings is 1. The first kappa shape index (κ1) is 21.6. The summed E-state index contributed by atoms with van der Waals surface area (Å²) >= 11 is 0. The zero-order chi connectivity index (χ0) is 21.2. The van der Waals surface area contributed by atoms with Gasteiger partial charge < -0.3 is 15.3 Å². The molecule has 30 heavy (non-hydrogen) atoms. The molecule has 1 aromatic carbocycles. The zero-order valence-corrected chi connectivity index (χ0v) is 17.2. The first-order valence-electron chi connectivity index (χ1n) is 10.6. The number of unbranched alkanes of at least 4 members (excludes halogenated alkanes) is 1. The minimum absolute atomic E-state index is 0.00796. The molecule has 6 heteroatoms. The van der Waals surface area contributed by atoms with Gasteiger partial charge in [0, 0.05) is 43.7 Å². The Bertz CT molecular complexity index is 859. The summed E-state index contributed by atoms with van der Waals surface area (Å²) in [4.78, 5) is 30.3. The molecular formula is C24H29N3O3. The van der Waals surface area contributed by atoms with E-state index in [1.165, 1.54) is 12.1 Å². The number of likely N-dealkylation sites (tertiary alicyclic amines) is 1. The first-order chi connectivity index (χ1) is 14.6. The Balaban J connectivity index is 1.28. The van der Waals surface area contributed by atoms with Gasteiger partial charge in [0.2, 0.25) is 5.91 Å². The highest BCUT2D eigenvalue weighted by atomic mass is 16.3. The van der Waals surface area contributed by atoms with Gasteiger partial charge in [-0.3, -0.25) is 14.6 Å². The lowest BCUT2D eigenvalue weighted by atomic mass is 9.91. The molecule has 0 aliphatic carbocycles. The van der Waals surface area contributed by atoms with Gasteiger partial charge in [-0.05, 0) is 61.1 Å². The van der Waals surface area contributed by atoms with E-state index in [2.05, 4.69) is 10.3 Å². The van der Waals surface area contributed by atoms with Gasteiger partial charge in [0.1, 0.15) is 5.75 Å². The molecular weight excluding hydrogens is 378 g/mol. The Morgan fingerprint density at radius 2 is 2.00 bits per heavy atom. The molecule has 0 bridgehead atoms. The van der Waals surface area contributed by atoms with Crippen molar-refractivity contribution in [3.8, 4) is 5.75 Å². The van der Waals surface area contributed by atoms with Gasteiger partial charge in [-0.15, -0.1) is 0 Å².